The van der Waals surface area contributed by atoms with E-state index in [0.717, 1.165) is 11.3 Å². The molecule has 0 N–H and O–H groups in total. The molecular weight excluding hydrogens is 340 g/mol. The Balaban J connectivity index is 1.62. The van der Waals surface area contributed by atoms with Crippen molar-refractivity contribution in [1.82, 2.24) is 4.98 Å². The predicted octanol–water partition coefficient (Wildman–Crippen LogP) is 4.61. The fourth-order valence-corrected chi connectivity index (χ4v) is 2.36. The number of hydrogen-bond donors (Lipinski definition) is 0. The van der Waals surface area contributed by atoms with E-state index in [2.05, 4.69) is 4.98 Å². The Morgan fingerprint density at radius 3 is 2.37 bits per heavy atom. The van der Waals surface area contributed by atoms with Crippen LogP contribution in [0.1, 0.15) is 15.9 Å². The van der Waals surface area contributed by atoms with Crippen molar-refractivity contribution >= 4 is 23.6 Å². The summed E-state index contributed by atoms with van der Waals surface area (Å²) in [6.07, 6.45) is 6.04. The summed E-state index contributed by atoms with van der Waals surface area (Å²) in [5, 5.41) is 0. The van der Waals surface area contributed by atoms with Gasteiger partial charge in [-0.05, 0) is 60.2 Å². The number of allylic oxidation sites excluding steroid dienone is 1. The molecule has 0 unspecified atom stereocenters. The molecule has 3 aromatic rings. The Morgan fingerprint density at radius 1 is 0.963 bits per heavy atom. The lowest BCUT2D eigenvalue weighted by atomic mass is 10.1. The highest BCUT2D eigenvalue weighted by atomic mass is 16.6. The highest BCUT2D eigenvalue weighted by molar-refractivity contribution is 6.06. The van der Waals surface area contributed by atoms with Crippen LogP contribution in [-0.2, 0) is 0 Å². The van der Waals surface area contributed by atoms with E-state index in [9.17, 15) is 9.59 Å². The van der Waals surface area contributed by atoms with Crippen LogP contribution in [-0.4, -0.2) is 23.9 Å². The number of aromatic nitrogens is 1. The highest BCUT2D eigenvalue weighted by Crippen LogP contribution is 2.17. The molecule has 0 atom stereocenters. The third kappa shape index (κ3) is 4.89. The van der Waals surface area contributed by atoms with E-state index >= 15 is 0 Å². The third-order valence-corrected chi connectivity index (χ3v) is 3.87. The molecule has 1 amide bonds. The topological polar surface area (TPSA) is 59.5 Å². The Morgan fingerprint density at radius 2 is 1.70 bits per heavy atom. The molecule has 0 saturated carbocycles. The monoisotopic (exact) mass is 358 g/mol. The first-order chi connectivity index (χ1) is 13.1. The summed E-state index contributed by atoms with van der Waals surface area (Å²) in [4.78, 5) is 29.8. The van der Waals surface area contributed by atoms with Gasteiger partial charge in [0.2, 0.25) is 0 Å². The van der Waals surface area contributed by atoms with Gasteiger partial charge >= 0.3 is 6.09 Å². The van der Waals surface area contributed by atoms with Crippen LogP contribution in [0.25, 0.3) is 6.08 Å². The van der Waals surface area contributed by atoms with Gasteiger partial charge in [0.1, 0.15) is 5.75 Å². The van der Waals surface area contributed by atoms with E-state index in [-0.39, 0.29) is 5.78 Å². The van der Waals surface area contributed by atoms with E-state index in [1.54, 1.807) is 55.8 Å². The van der Waals surface area contributed by atoms with Gasteiger partial charge in [0.15, 0.2) is 5.78 Å². The van der Waals surface area contributed by atoms with Crippen molar-refractivity contribution in [1.29, 1.82) is 0 Å². The second-order valence-corrected chi connectivity index (χ2v) is 5.77. The molecule has 2 aromatic carbocycles. The highest BCUT2D eigenvalue weighted by Gasteiger charge is 2.13. The zero-order valence-corrected chi connectivity index (χ0v) is 14.8. The molecule has 0 aliphatic rings. The molecule has 1 aromatic heterocycles. The second-order valence-electron chi connectivity index (χ2n) is 5.77. The van der Waals surface area contributed by atoms with Crippen LogP contribution in [0.2, 0.25) is 0 Å². The Kier molecular flexibility index (Phi) is 5.74. The Hall–Kier alpha value is -3.73. The summed E-state index contributed by atoms with van der Waals surface area (Å²) in [6.45, 7) is 0. The summed E-state index contributed by atoms with van der Waals surface area (Å²) < 4.78 is 5.34. The van der Waals surface area contributed by atoms with Crippen LogP contribution >= 0.6 is 0 Å². The van der Waals surface area contributed by atoms with Gasteiger partial charge in [0, 0.05) is 30.7 Å². The van der Waals surface area contributed by atoms with Gasteiger partial charge in [-0.3, -0.25) is 14.7 Å². The molecular formula is C22H18N2O3. The van der Waals surface area contributed by atoms with Crippen molar-refractivity contribution < 1.29 is 14.3 Å². The predicted molar refractivity (Wildman–Crippen MR) is 105 cm³/mol. The molecule has 134 valence electrons. The lowest BCUT2D eigenvalue weighted by Crippen LogP contribution is -2.29. The minimum absolute atomic E-state index is 0.141. The van der Waals surface area contributed by atoms with E-state index in [0.29, 0.717) is 11.3 Å². The Labute approximate surface area is 157 Å². The molecule has 5 nitrogen and oxygen atoms in total. The quantitative estimate of drug-likeness (QED) is 0.493. The Bertz CT molecular complexity index is 936. The number of hydrogen-bond acceptors (Lipinski definition) is 4. The second kappa shape index (κ2) is 8.58. The summed E-state index contributed by atoms with van der Waals surface area (Å²) in [7, 11) is 1.64. The number of amides is 1. The molecule has 0 fully saturated rings. The average Bonchev–Trinajstić information content (AvgIpc) is 2.73. The van der Waals surface area contributed by atoms with Crippen molar-refractivity contribution in [3.05, 3.63) is 96.3 Å². The van der Waals surface area contributed by atoms with Crippen molar-refractivity contribution in [3.63, 3.8) is 0 Å². The number of carbonyl (C=O) groups is 2. The molecule has 27 heavy (non-hydrogen) atoms. The number of carbonyl (C=O) groups excluding carboxylic acids is 2. The number of pyridine rings is 1. The van der Waals surface area contributed by atoms with Crippen LogP contribution < -0.4 is 9.64 Å². The number of rotatable bonds is 5. The molecule has 0 radical (unpaired) electrons. The SMILES string of the molecule is CN(C(=O)Oc1ccc(C(=O)C=Cc2cccnc2)cc1)c1ccccc1. The fourth-order valence-electron chi connectivity index (χ4n) is 2.36. The number of para-hydroxylation sites is 1. The van der Waals surface area contributed by atoms with Crippen LogP contribution in [0.15, 0.2) is 85.2 Å². The maximum absolute atomic E-state index is 12.2. The first-order valence-electron chi connectivity index (χ1n) is 8.36. The first-order valence-corrected chi connectivity index (χ1v) is 8.36. The van der Waals surface area contributed by atoms with Gasteiger partial charge in [-0.15, -0.1) is 0 Å². The molecule has 5 heteroatoms. The summed E-state index contributed by atoms with van der Waals surface area (Å²) >= 11 is 0. The average molecular weight is 358 g/mol. The van der Waals surface area contributed by atoms with Crippen LogP contribution in [0.4, 0.5) is 10.5 Å². The number of anilines is 1. The van der Waals surface area contributed by atoms with Crippen molar-refractivity contribution in [2.45, 2.75) is 0 Å². The summed E-state index contributed by atoms with van der Waals surface area (Å²) in [5.74, 6) is 0.230. The minimum Gasteiger partial charge on any atom is -0.410 e. The van der Waals surface area contributed by atoms with E-state index in [1.165, 1.54) is 11.0 Å². The van der Waals surface area contributed by atoms with Gasteiger partial charge in [-0.25, -0.2) is 4.79 Å². The summed E-state index contributed by atoms with van der Waals surface area (Å²) in [6, 6.07) is 19.3. The van der Waals surface area contributed by atoms with Crippen molar-refractivity contribution in [2.75, 3.05) is 11.9 Å². The number of ether oxygens (including phenoxy) is 1. The minimum atomic E-state index is -0.503. The van der Waals surface area contributed by atoms with Crippen LogP contribution in [0.5, 0.6) is 5.75 Å². The zero-order chi connectivity index (χ0) is 19.1. The van der Waals surface area contributed by atoms with E-state index in [4.69, 9.17) is 4.74 Å². The van der Waals surface area contributed by atoms with Gasteiger partial charge in [-0.2, -0.15) is 0 Å². The zero-order valence-electron chi connectivity index (χ0n) is 14.8. The van der Waals surface area contributed by atoms with Gasteiger partial charge < -0.3 is 4.74 Å². The largest absolute Gasteiger partial charge is 0.419 e. The lowest BCUT2D eigenvalue weighted by molar-refractivity contribution is 0.104. The number of benzene rings is 2. The molecule has 1 heterocycles. The van der Waals surface area contributed by atoms with Crippen molar-refractivity contribution in [3.8, 4) is 5.75 Å². The van der Waals surface area contributed by atoms with Gasteiger partial charge in [-0.1, -0.05) is 24.3 Å². The van der Waals surface area contributed by atoms with Crippen LogP contribution in [0, 0.1) is 0 Å². The molecule has 0 aliphatic carbocycles. The fraction of sp³-hybridized carbons (Fsp3) is 0.0455. The lowest BCUT2D eigenvalue weighted by Gasteiger charge is -2.16. The normalized spacial score (nSPS) is 10.6. The molecule has 0 saturated heterocycles. The molecule has 0 aliphatic heterocycles. The van der Waals surface area contributed by atoms with E-state index < -0.39 is 6.09 Å². The first kappa shape index (κ1) is 18.1. The molecule has 3 rings (SSSR count). The number of ketones is 1. The number of nitrogens with zero attached hydrogens (tertiary/aromatic N) is 2. The van der Waals surface area contributed by atoms with Crippen LogP contribution in [0.3, 0.4) is 0 Å². The molecule has 0 spiro atoms. The van der Waals surface area contributed by atoms with Gasteiger partial charge in [0.05, 0.1) is 0 Å². The van der Waals surface area contributed by atoms with E-state index in [1.807, 2.05) is 36.4 Å². The maximum atomic E-state index is 12.2. The van der Waals surface area contributed by atoms with Crippen molar-refractivity contribution in [2.24, 2.45) is 0 Å². The molecule has 0 bridgehead atoms. The summed E-state index contributed by atoms with van der Waals surface area (Å²) in [5.41, 5.74) is 2.08. The standard InChI is InChI=1S/C22H18N2O3/c1-24(19-7-3-2-4-8-19)22(26)27-20-12-10-18(11-13-20)21(25)14-9-17-6-5-15-23-16-17/h2-16H,1H3. The smallest absolute Gasteiger partial charge is 0.410 e. The maximum Gasteiger partial charge on any atom is 0.419 e. The third-order valence-electron chi connectivity index (χ3n) is 3.87. The van der Waals surface area contributed by atoms with Gasteiger partial charge in [0.25, 0.3) is 0 Å².